The molecular formula is C11H22N2O2. The van der Waals surface area contributed by atoms with Crippen LogP contribution in [0.5, 0.6) is 0 Å². The van der Waals surface area contributed by atoms with Crippen molar-refractivity contribution in [3.8, 4) is 0 Å². The number of ether oxygens (including phenoxy) is 1. The molecule has 0 unspecified atom stereocenters. The molecule has 1 fully saturated rings. The minimum absolute atomic E-state index is 0.153. The SMILES string of the molecule is COCCCCNC(=O)CCNC1CC1. The van der Waals surface area contributed by atoms with E-state index in [1.165, 1.54) is 12.8 Å². The van der Waals surface area contributed by atoms with E-state index in [0.29, 0.717) is 12.5 Å². The van der Waals surface area contributed by atoms with Gasteiger partial charge in [0.25, 0.3) is 0 Å². The fourth-order valence-electron chi connectivity index (χ4n) is 1.36. The van der Waals surface area contributed by atoms with Crippen molar-refractivity contribution in [3.63, 3.8) is 0 Å². The third-order valence-corrected chi connectivity index (χ3v) is 2.46. The van der Waals surface area contributed by atoms with Gasteiger partial charge in [-0.3, -0.25) is 4.79 Å². The van der Waals surface area contributed by atoms with Crippen LogP contribution in [-0.2, 0) is 9.53 Å². The van der Waals surface area contributed by atoms with Crippen LogP contribution in [0.2, 0.25) is 0 Å². The first-order valence-corrected chi connectivity index (χ1v) is 5.82. The molecule has 4 nitrogen and oxygen atoms in total. The summed E-state index contributed by atoms with van der Waals surface area (Å²) >= 11 is 0. The Morgan fingerprint density at radius 1 is 1.33 bits per heavy atom. The zero-order valence-corrected chi connectivity index (χ0v) is 9.55. The molecule has 0 aromatic heterocycles. The van der Waals surface area contributed by atoms with Gasteiger partial charge in [0.2, 0.25) is 5.91 Å². The van der Waals surface area contributed by atoms with E-state index in [4.69, 9.17) is 4.74 Å². The van der Waals surface area contributed by atoms with E-state index in [1.54, 1.807) is 7.11 Å². The van der Waals surface area contributed by atoms with E-state index in [1.807, 2.05) is 0 Å². The molecule has 15 heavy (non-hydrogen) atoms. The zero-order valence-electron chi connectivity index (χ0n) is 9.55. The van der Waals surface area contributed by atoms with E-state index in [-0.39, 0.29) is 5.91 Å². The van der Waals surface area contributed by atoms with E-state index >= 15 is 0 Å². The van der Waals surface area contributed by atoms with Gasteiger partial charge in [-0.2, -0.15) is 0 Å². The van der Waals surface area contributed by atoms with Crippen molar-refractivity contribution in [2.75, 3.05) is 26.8 Å². The minimum Gasteiger partial charge on any atom is -0.385 e. The van der Waals surface area contributed by atoms with Crippen LogP contribution >= 0.6 is 0 Å². The van der Waals surface area contributed by atoms with Crippen molar-refractivity contribution in [3.05, 3.63) is 0 Å². The lowest BCUT2D eigenvalue weighted by molar-refractivity contribution is -0.121. The van der Waals surface area contributed by atoms with Crippen LogP contribution in [0.25, 0.3) is 0 Å². The number of amides is 1. The molecule has 1 aliphatic carbocycles. The number of unbranched alkanes of at least 4 members (excludes halogenated alkanes) is 1. The van der Waals surface area contributed by atoms with Crippen LogP contribution in [0.3, 0.4) is 0 Å². The van der Waals surface area contributed by atoms with Gasteiger partial charge in [0.05, 0.1) is 0 Å². The summed E-state index contributed by atoms with van der Waals surface area (Å²) in [6.07, 6.45) is 5.16. The van der Waals surface area contributed by atoms with Crippen LogP contribution in [-0.4, -0.2) is 38.8 Å². The second kappa shape index (κ2) is 7.65. The number of hydrogen-bond acceptors (Lipinski definition) is 3. The Kier molecular flexibility index (Phi) is 6.36. The molecule has 2 N–H and O–H groups in total. The first kappa shape index (κ1) is 12.5. The number of carbonyl (C=O) groups is 1. The maximum Gasteiger partial charge on any atom is 0.221 e. The standard InChI is InChI=1S/C11H22N2O2/c1-15-9-3-2-7-13-11(14)6-8-12-10-4-5-10/h10,12H,2-9H2,1H3,(H,13,14). The van der Waals surface area contributed by atoms with E-state index < -0.39 is 0 Å². The second-order valence-corrected chi connectivity index (χ2v) is 4.03. The quantitative estimate of drug-likeness (QED) is 0.555. The van der Waals surface area contributed by atoms with Gasteiger partial charge in [-0.25, -0.2) is 0 Å². The molecule has 1 saturated carbocycles. The van der Waals surface area contributed by atoms with Gasteiger partial charge in [0, 0.05) is 39.3 Å². The fraction of sp³-hybridized carbons (Fsp3) is 0.909. The molecule has 0 aromatic carbocycles. The molecule has 0 aromatic rings. The summed E-state index contributed by atoms with van der Waals surface area (Å²) < 4.78 is 4.92. The van der Waals surface area contributed by atoms with Gasteiger partial charge in [-0.05, 0) is 25.7 Å². The number of carbonyl (C=O) groups excluding carboxylic acids is 1. The molecule has 88 valence electrons. The lowest BCUT2D eigenvalue weighted by Gasteiger charge is -2.05. The topological polar surface area (TPSA) is 50.4 Å². The highest BCUT2D eigenvalue weighted by molar-refractivity contribution is 5.75. The Morgan fingerprint density at radius 3 is 2.80 bits per heavy atom. The van der Waals surface area contributed by atoms with Crippen LogP contribution in [0.4, 0.5) is 0 Å². The molecule has 1 amide bonds. The largest absolute Gasteiger partial charge is 0.385 e. The van der Waals surface area contributed by atoms with Crippen LogP contribution in [0.1, 0.15) is 32.1 Å². The van der Waals surface area contributed by atoms with Crippen molar-refractivity contribution in [2.45, 2.75) is 38.1 Å². The number of nitrogens with one attached hydrogen (secondary N) is 2. The highest BCUT2D eigenvalue weighted by Crippen LogP contribution is 2.18. The summed E-state index contributed by atoms with van der Waals surface area (Å²) in [7, 11) is 1.70. The van der Waals surface area contributed by atoms with Crippen molar-refractivity contribution in [2.24, 2.45) is 0 Å². The Balaban J connectivity index is 1.80. The monoisotopic (exact) mass is 214 g/mol. The van der Waals surface area contributed by atoms with E-state index in [0.717, 1.165) is 32.5 Å². The maximum atomic E-state index is 11.3. The molecule has 0 heterocycles. The van der Waals surface area contributed by atoms with Crippen molar-refractivity contribution >= 4 is 5.91 Å². The van der Waals surface area contributed by atoms with E-state index in [2.05, 4.69) is 10.6 Å². The van der Waals surface area contributed by atoms with Crippen molar-refractivity contribution in [1.29, 1.82) is 0 Å². The zero-order chi connectivity index (χ0) is 10.9. The van der Waals surface area contributed by atoms with Crippen LogP contribution < -0.4 is 10.6 Å². The highest BCUT2D eigenvalue weighted by Gasteiger charge is 2.19. The summed E-state index contributed by atoms with van der Waals surface area (Å²) in [6.45, 7) is 2.36. The molecular weight excluding hydrogens is 192 g/mol. The van der Waals surface area contributed by atoms with Crippen LogP contribution in [0.15, 0.2) is 0 Å². The Bertz CT molecular complexity index is 181. The Morgan fingerprint density at radius 2 is 2.13 bits per heavy atom. The number of hydrogen-bond donors (Lipinski definition) is 2. The van der Waals surface area contributed by atoms with Crippen molar-refractivity contribution in [1.82, 2.24) is 10.6 Å². The molecule has 0 radical (unpaired) electrons. The van der Waals surface area contributed by atoms with E-state index in [9.17, 15) is 4.79 Å². The van der Waals surface area contributed by atoms with Gasteiger partial charge in [0.15, 0.2) is 0 Å². The molecule has 0 atom stereocenters. The first-order chi connectivity index (χ1) is 7.33. The molecule has 4 heteroatoms. The summed E-state index contributed by atoms with van der Waals surface area (Å²) in [5.41, 5.74) is 0. The average Bonchev–Trinajstić information content (AvgIpc) is 3.01. The first-order valence-electron chi connectivity index (χ1n) is 5.82. The molecule has 1 rings (SSSR count). The van der Waals surface area contributed by atoms with Crippen LogP contribution in [0, 0.1) is 0 Å². The Hall–Kier alpha value is -0.610. The van der Waals surface area contributed by atoms with Gasteiger partial charge in [0.1, 0.15) is 0 Å². The molecule has 0 bridgehead atoms. The Labute approximate surface area is 91.8 Å². The predicted molar refractivity (Wildman–Crippen MR) is 59.8 cm³/mol. The third kappa shape index (κ3) is 7.33. The summed E-state index contributed by atoms with van der Waals surface area (Å²) in [5, 5.41) is 6.22. The summed E-state index contributed by atoms with van der Waals surface area (Å²) in [4.78, 5) is 11.3. The smallest absolute Gasteiger partial charge is 0.221 e. The normalized spacial score (nSPS) is 15.3. The van der Waals surface area contributed by atoms with Gasteiger partial charge in [-0.1, -0.05) is 0 Å². The molecule has 0 aliphatic heterocycles. The second-order valence-electron chi connectivity index (χ2n) is 4.03. The minimum atomic E-state index is 0.153. The van der Waals surface area contributed by atoms with Gasteiger partial charge in [-0.15, -0.1) is 0 Å². The van der Waals surface area contributed by atoms with Gasteiger partial charge >= 0.3 is 0 Å². The van der Waals surface area contributed by atoms with Crippen molar-refractivity contribution < 1.29 is 9.53 Å². The summed E-state index contributed by atoms with van der Waals surface area (Å²) in [5.74, 6) is 0.153. The number of rotatable bonds is 9. The third-order valence-electron chi connectivity index (χ3n) is 2.46. The summed E-state index contributed by atoms with van der Waals surface area (Å²) in [6, 6.07) is 0.694. The fourth-order valence-corrected chi connectivity index (χ4v) is 1.36. The maximum absolute atomic E-state index is 11.3. The van der Waals surface area contributed by atoms with Gasteiger partial charge < -0.3 is 15.4 Å². The lowest BCUT2D eigenvalue weighted by Crippen LogP contribution is -2.29. The lowest BCUT2D eigenvalue weighted by atomic mass is 10.3. The number of methoxy groups -OCH3 is 1. The molecule has 0 saturated heterocycles. The molecule has 0 spiro atoms. The predicted octanol–water partition coefficient (Wildman–Crippen LogP) is 0.671. The molecule has 1 aliphatic rings. The average molecular weight is 214 g/mol. The highest BCUT2D eigenvalue weighted by atomic mass is 16.5.